The standard InChI is InChI=1S/C13H14FN3O2S/c1-2-20(18,19)13-16-15-12(17(13)9-7-8-9)10-5-3-4-6-11(10)14/h3-6,9H,2,7-8H2,1H3. The average Bonchev–Trinajstić information content (AvgIpc) is 3.18. The molecule has 1 saturated carbocycles. The molecule has 0 bridgehead atoms. The van der Waals surface area contributed by atoms with Crippen molar-refractivity contribution >= 4 is 9.84 Å². The van der Waals surface area contributed by atoms with Gasteiger partial charge in [0.1, 0.15) is 5.82 Å². The second-order valence-corrected chi connectivity index (χ2v) is 6.96. The molecule has 0 aliphatic heterocycles. The van der Waals surface area contributed by atoms with Crippen LogP contribution in [0.2, 0.25) is 0 Å². The summed E-state index contributed by atoms with van der Waals surface area (Å²) in [5, 5.41) is 7.66. The van der Waals surface area contributed by atoms with E-state index in [9.17, 15) is 12.8 Å². The Morgan fingerprint density at radius 1 is 1.30 bits per heavy atom. The molecule has 7 heteroatoms. The Bertz CT molecular complexity index is 751. The van der Waals surface area contributed by atoms with Crippen LogP contribution in [0.3, 0.4) is 0 Å². The van der Waals surface area contributed by atoms with Crippen LogP contribution in [-0.2, 0) is 9.84 Å². The fraction of sp³-hybridized carbons (Fsp3) is 0.385. The molecule has 0 atom stereocenters. The van der Waals surface area contributed by atoms with Crippen LogP contribution in [-0.4, -0.2) is 28.9 Å². The lowest BCUT2D eigenvalue weighted by atomic mass is 10.2. The zero-order chi connectivity index (χ0) is 14.3. The predicted molar refractivity (Wildman–Crippen MR) is 71.4 cm³/mol. The molecule has 0 N–H and O–H groups in total. The van der Waals surface area contributed by atoms with Gasteiger partial charge in [0.25, 0.3) is 0 Å². The molecule has 1 aromatic heterocycles. The van der Waals surface area contributed by atoms with Gasteiger partial charge in [0.05, 0.1) is 11.3 Å². The lowest BCUT2D eigenvalue weighted by molar-refractivity contribution is 0.566. The van der Waals surface area contributed by atoms with Crippen molar-refractivity contribution in [1.29, 1.82) is 0 Å². The SMILES string of the molecule is CCS(=O)(=O)c1nnc(-c2ccccc2F)n1C1CC1. The highest BCUT2D eigenvalue weighted by molar-refractivity contribution is 7.91. The topological polar surface area (TPSA) is 64.8 Å². The maximum absolute atomic E-state index is 13.9. The van der Waals surface area contributed by atoms with Gasteiger partial charge in [0.2, 0.25) is 15.0 Å². The third-order valence-electron chi connectivity index (χ3n) is 3.35. The lowest BCUT2D eigenvalue weighted by Gasteiger charge is -2.09. The molecular weight excluding hydrogens is 281 g/mol. The van der Waals surface area contributed by atoms with Crippen molar-refractivity contribution in [1.82, 2.24) is 14.8 Å². The van der Waals surface area contributed by atoms with Crippen LogP contribution in [0.5, 0.6) is 0 Å². The van der Waals surface area contributed by atoms with Gasteiger partial charge in [-0.25, -0.2) is 12.8 Å². The first-order valence-electron chi connectivity index (χ1n) is 6.47. The zero-order valence-corrected chi connectivity index (χ0v) is 11.8. The minimum absolute atomic E-state index is 0.0465. The molecule has 0 spiro atoms. The van der Waals surface area contributed by atoms with Crippen molar-refractivity contribution in [3.8, 4) is 11.4 Å². The molecule has 2 aromatic rings. The largest absolute Gasteiger partial charge is 0.295 e. The van der Waals surface area contributed by atoms with Crippen molar-refractivity contribution in [2.45, 2.75) is 31.0 Å². The van der Waals surface area contributed by atoms with E-state index >= 15 is 0 Å². The third-order valence-corrected chi connectivity index (χ3v) is 4.94. The number of aromatic nitrogens is 3. The van der Waals surface area contributed by atoms with E-state index in [4.69, 9.17) is 0 Å². The Hall–Kier alpha value is -1.76. The van der Waals surface area contributed by atoms with E-state index in [0.29, 0.717) is 0 Å². The summed E-state index contributed by atoms with van der Waals surface area (Å²) >= 11 is 0. The second kappa shape index (κ2) is 4.66. The van der Waals surface area contributed by atoms with E-state index in [-0.39, 0.29) is 28.3 Å². The smallest absolute Gasteiger partial charge is 0.250 e. The van der Waals surface area contributed by atoms with Crippen LogP contribution in [0.4, 0.5) is 4.39 Å². The van der Waals surface area contributed by atoms with Crippen molar-refractivity contribution < 1.29 is 12.8 Å². The van der Waals surface area contributed by atoms with Gasteiger partial charge in [-0.1, -0.05) is 19.1 Å². The highest BCUT2D eigenvalue weighted by atomic mass is 32.2. The van der Waals surface area contributed by atoms with Crippen molar-refractivity contribution in [3.63, 3.8) is 0 Å². The van der Waals surface area contributed by atoms with Crippen LogP contribution < -0.4 is 0 Å². The number of benzene rings is 1. The quantitative estimate of drug-likeness (QED) is 0.867. The number of hydrogen-bond acceptors (Lipinski definition) is 4. The van der Waals surface area contributed by atoms with Gasteiger partial charge in [-0.15, -0.1) is 10.2 Å². The summed E-state index contributed by atoms with van der Waals surface area (Å²) < 4.78 is 39.6. The summed E-state index contributed by atoms with van der Waals surface area (Å²) in [6.07, 6.45) is 1.73. The maximum atomic E-state index is 13.9. The monoisotopic (exact) mass is 295 g/mol. The average molecular weight is 295 g/mol. The molecule has 0 saturated heterocycles. The molecule has 0 radical (unpaired) electrons. The normalized spacial score (nSPS) is 15.5. The molecule has 1 aliphatic carbocycles. The minimum atomic E-state index is -3.47. The van der Waals surface area contributed by atoms with Gasteiger partial charge in [0, 0.05) is 6.04 Å². The van der Waals surface area contributed by atoms with Gasteiger partial charge in [-0.3, -0.25) is 4.57 Å². The molecular formula is C13H14FN3O2S. The molecule has 20 heavy (non-hydrogen) atoms. The Kier molecular flexibility index (Phi) is 3.08. The lowest BCUT2D eigenvalue weighted by Crippen LogP contribution is -2.12. The summed E-state index contributed by atoms with van der Waals surface area (Å²) in [7, 11) is -3.47. The first-order valence-corrected chi connectivity index (χ1v) is 8.12. The summed E-state index contributed by atoms with van der Waals surface area (Å²) in [6, 6.07) is 6.24. The summed E-state index contributed by atoms with van der Waals surface area (Å²) in [6.45, 7) is 1.56. The van der Waals surface area contributed by atoms with Crippen molar-refractivity contribution in [2.24, 2.45) is 0 Å². The van der Waals surface area contributed by atoms with E-state index in [0.717, 1.165) is 12.8 Å². The van der Waals surface area contributed by atoms with Gasteiger partial charge in [0.15, 0.2) is 5.82 Å². The molecule has 3 rings (SSSR count). The maximum Gasteiger partial charge on any atom is 0.250 e. The van der Waals surface area contributed by atoms with E-state index in [1.807, 2.05) is 0 Å². The Morgan fingerprint density at radius 3 is 2.60 bits per heavy atom. The van der Waals surface area contributed by atoms with Crippen molar-refractivity contribution in [3.05, 3.63) is 30.1 Å². The minimum Gasteiger partial charge on any atom is -0.295 e. The molecule has 1 fully saturated rings. The van der Waals surface area contributed by atoms with Crippen LogP contribution in [0.1, 0.15) is 25.8 Å². The molecule has 0 amide bonds. The summed E-state index contributed by atoms with van der Waals surface area (Å²) in [4.78, 5) is 0. The molecule has 1 aliphatic rings. The van der Waals surface area contributed by atoms with Crippen LogP contribution in [0.15, 0.2) is 29.4 Å². The third kappa shape index (κ3) is 2.11. The van der Waals surface area contributed by atoms with Crippen LogP contribution in [0.25, 0.3) is 11.4 Å². The summed E-state index contributed by atoms with van der Waals surface area (Å²) in [5.41, 5.74) is 0.282. The molecule has 0 unspecified atom stereocenters. The van der Waals surface area contributed by atoms with Crippen molar-refractivity contribution in [2.75, 3.05) is 5.75 Å². The highest BCUT2D eigenvalue weighted by Gasteiger charge is 2.34. The molecule has 1 aromatic carbocycles. The Morgan fingerprint density at radius 2 is 2.00 bits per heavy atom. The Labute approximate surface area is 116 Å². The highest BCUT2D eigenvalue weighted by Crippen LogP contribution is 2.40. The second-order valence-electron chi connectivity index (χ2n) is 4.79. The van der Waals surface area contributed by atoms with Gasteiger partial charge in [-0.05, 0) is 25.0 Å². The number of hydrogen-bond donors (Lipinski definition) is 0. The molecule has 1 heterocycles. The number of nitrogens with zero attached hydrogens (tertiary/aromatic N) is 3. The van der Waals surface area contributed by atoms with E-state index in [1.54, 1.807) is 29.7 Å². The predicted octanol–water partition coefficient (Wildman–Crippen LogP) is 2.21. The zero-order valence-electron chi connectivity index (χ0n) is 11.0. The van der Waals surface area contributed by atoms with Gasteiger partial charge < -0.3 is 0 Å². The number of halogens is 1. The van der Waals surface area contributed by atoms with E-state index in [2.05, 4.69) is 10.2 Å². The number of sulfone groups is 1. The fourth-order valence-electron chi connectivity index (χ4n) is 2.11. The molecule has 106 valence electrons. The van der Waals surface area contributed by atoms with Gasteiger partial charge >= 0.3 is 0 Å². The van der Waals surface area contributed by atoms with E-state index < -0.39 is 15.7 Å². The first-order chi connectivity index (χ1) is 9.54. The fourth-order valence-corrected chi connectivity index (χ4v) is 3.06. The first kappa shape index (κ1) is 13.2. The summed E-state index contributed by atoms with van der Waals surface area (Å²) in [5.74, 6) is -0.186. The van der Waals surface area contributed by atoms with Crippen LogP contribution >= 0.6 is 0 Å². The van der Waals surface area contributed by atoms with Crippen LogP contribution in [0, 0.1) is 5.82 Å². The Balaban J connectivity index is 2.21. The molecule has 5 nitrogen and oxygen atoms in total. The number of rotatable bonds is 4. The van der Waals surface area contributed by atoms with E-state index in [1.165, 1.54) is 6.07 Å². The van der Waals surface area contributed by atoms with Gasteiger partial charge in [-0.2, -0.15) is 0 Å².